The van der Waals surface area contributed by atoms with E-state index in [2.05, 4.69) is 25.6 Å². The Morgan fingerprint density at radius 3 is 2.07 bits per heavy atom. The van der Waals surface area contributed by atoms with Crippen molar-refractivity contribution < 1.29 is 4.79 Å². The van der Waals surface area contributed by atoms with E-state index in [1.54, 1.807) is 36.9 Å². The molecule has 0 aliphatic carbocycles. The van der Waals surface area contributed by atoms with Gasteiger partial charge in [0, 0.05) is 36.0 Å². The number of anilines is 3. The Morgan fingerprint density at radius 1 is 0.714 bits per heavy atom. The fraction of sp³-hybridized carbons (Fsp3) is 0. The second-order valence-corrected chi connectivity index (χ2v) is 6.04. The Balaban J connectivity index is 1.54. The molecule has 4 aromatic rings. The summed E-state index contributed by atoms with van der Waals surface area (Å²) in [5, 5.41) is 6.09. The third-order valence-corrected chi connectivity index (χ3v) is 4.08. The standard InChI is InChI=1S/C22H17N5O/c28-22(16-6-10-23-11-7-16)27-21-15-18(9-13-25-21)17-8-12-24-20(14-17)26-19-4-2-1-3-5-19/h1-15H,(H,24,26)(H,25,27,28). The van der Waals surface area contributed by atoms with Crippen molar-refractivity contribution >= 4 is 23.2 Å². The molecule has 3 heterocycles. The maximum absolute atomic E-state index is 12.3. The van der Waals surface area contributed by atoms with E-state index in [4.69, 9.17) is 0 Å². The third-order valence-electron chi connectivity index (χ3n) is 4.08. The average Bonchev–Trinajstić information content (AvgIpc) is 2.75. The summed E-state index contributed by atoms with van der Waals surface area (Å²) in [5.41, 5.74) is 3.39. The minimum Gasteiger partial charge on any atom is -0.340 e. The van der Waals surface area contributed by atoms with E-state index < -0.39 is 0 Å². The van der Waals surface area contributed by atoms with Gasteiger partial charge in [0.05, 0.1) is 0 Å². The van der Waals surface area contributed by atoms with E-state index in [1.807, 2.05) is 54.6 Å². The highest BCUT2D eigenvalue weighted by Crippen LogP contribution is 2.24. The summed E-state index contributed by atoms with van der Waals surface area (Å²) >= 11 is 0. The zero-order valence-corrected chi connectivity index (χ0v) is 14.9. The summed E-state index contributed by atoms with van der Waals surface area (Å²) in [6, 6.07) is 20.8. The fourth-order valence-electron chi connectivity index (χ4n) is 2.72. The number of hydrogen-bond acceptors (Lipinski definition) is 5. The molecular weight excluding hydrogens is 350 g/mol. The lowest BCUT2D eigenvalue weighted by molar-refractivity contribution is 0.102. The number of para-hydroxylation sites is 1. The predicted octanol–water partition coefficient (Wildman–Crippen LogP) is 4.53. The van der Waals surface area contributed by atoms with Crippen molar-refractivity contribution in [1.29, 1.82) is 0 Å². The maximum Gasteiger partial charge on any atom is 0.256 e. The van der Waals surface area contributed by atoms with Gasteiger partial charge in [0.1, 0.15) is 11.6 Å². The largest absolute Gasteiger partial charge is 0.340 e. The van der Waals surface area contributed by atoms with E-state index in [1.165, 1.54) is 0 Å². The molecule has 0 saturated carbocycles. The highest BCUT2D eigenvalue weighted by molar-refractivity contribution is 6.03. The molecule has 0 atom stereocenters. The monoisotopic (exact) mass is 367 g/mol. The van der Waals surface area contributed by atoms with Crippen molar-refractivity contribution in [3.05, 3.63) is 97.1 Å². The number of carbonyl (C=O) groups excluding carboxylic acids is 1. The number of nitrogens with zero attached hydrogens (tertiary/aromatic N) is 3. The van der Waals surface area contributed by atoms with E-state index >= 15 is 0 Å². The van der Waals surface area contributed by atoms with Crippen molar-refractivity contribution in [2.45, 2.75) is 0 Å². The van der Waals surface area contributed by atoms with E-state index in [-0.39, 0.29) is 5.91 Å². The Bertz CT molecular complexity index is 1080. The first-order valence-electron chi connectivity index (χ1n) is 8.74. The minimum atomic E-state index is -0.229. The van der Waals surface area contributed by atoms with Crippen LogP contribution in [-0.2, 0) is 0 Å². The van der Waals surface area contributed by atoms with Crippen molar-refractivity contribution in [1.82, 2.24) is 15.0 Å². The van der Waals surface area contributed by atoms with Crippen LogP contribution in [0.1, 0.15) is 10.4 Å². The van der Waals surface area contributed by atoms with Gasteiger partial charge in [-0.25, -0.2) is 9.97 Å². The number of pyridine rings is 3. The Labute approximate surface area is 162 Å². The third kappa shape index (κ3) is 4.19. The maximum atomic E-state index is 12.3. The lowest BCUT2D eigenvalue weighted by Gasteiger charge is -2.09. The van der Waals surface area contributed by atoms with Crippen LogP contribution >= 0.6 is 0 Å². The fourth-order valence-corrected chi connectivity index (χ4v) is 2.72. The van der Waals surface area contributed by atoms with Gasteiger partial charge in [-0.15, -0.1) is 0 Å². The van der Waals surface area contributed by atoms with Gasteiger partial charge >= 0.3 is 0 Å². The summed E-state index contributed by atoms with van der Waals surface area (Å²) < 4.78 is 0. The van der Waals surface area contributed by atoms with Gasteiger partial charge in [0.15, 0.2) is 0 Å². The number of aromatic nitrogens is 3. The summed E-state index contributed by atoms with van der Waals surface area (Å²) in [6.45, 7) is 0. The normalized spacial score (nSPS) is 10.3. The molecule has 6 nitrogen and oxygen atoms in total. The molecule has 6 heteroatoms. The summed E-state index contributed by atoms with van der Waals surface area (Å²) in [7, 11) is 0. The van der Waals surface area contributed by atoms with Crippen molar-refractivity contribution in [3.63, 3.8) is 0 Å². The molecule has 4 rings (SSSR count). The SMILES string of the molecule is O=C(Nc1cc(-c2ccnc(Nc3ccccc3)c2)ccn1)c1ccncc1. The number of amides is 1. The van der Waals surface area contributed by atoms with Crippen LogP contribution in [0.5, 0.6) is 0 Å². The smallest absolute Gasteiger partial charge is 0.256 e. The van der Waals surface area contributed by atoms with E-state index in [0.717, 1.165) is 22.6 Å². The highest BCUT2D eigenvalue weighted by Gasteiger charge is 2.08. The minimum absolute atomic E-state index is 0.229. The summed E-state index contributed by atoms with van der Waals surface area (Å²) in [5.74, 6) is 0.991. The molecule has 2 N–H and O–H groups in total. The molecule has 0 saturated heterocycles. The summed E-state index contributed by atoms with van der Waals surface area (Å²) in [4.78, 5) is 24.8. The molecule has 0 spiro atoms. The number of nitrogens with one attached hydrogen (secondary N) is 2. The first-order chi connectivity index (χ1) is 13.8. The molecule has 28 heavy (non-hydrogen) atoms. The zero-order chi connectivity index (χ0) is 19.2. The van der Waals surface area contributed by atoms with Gasteiger partial charge < -0.3 is 10.6 Å². The molecule has 1 amide bonds. The number of carbonyl (C=O) groups is 1. The first-order valence-corrected chi connectivity index (χ1v) is 8.74. The molecule has 0 unspecified atom stereocenters. The highest BCUT2D eigenvalue weighted by atomic mass is 16.1. The molecule has 0 aliphatic heterocycles. The van der Waals surface area contributed by atoms with Gasteiger partial charge in [0.2, 0.25) is 0 Å². The van der Waals surface area contributed by atoms with Crippen LogP contribution in [0.25, 0.3) is 11.1 Å². The molecule has 1 aromatic carbocycles. The first kappa shape index (κ1) is 17.4. The molecule has 0 bridgehead atoms. The second-order valence-electron chi connectivity index (χ2n) is 6.04. The predicted molar refractivity (Wildman–Crippen MR) is 109 cm³/mol. The van der Waals surface area contributed by atoms with Gasteiger partial charge in [-0.1, -0.05) is 18.2 Å². The molecule has 136 valence electrons. The lowest BCUT2D eigenvalue weighted by Crippen LogP contribution is -2.12. The molecule has 3 aromatic heterocycles. The van der Waals surface area contributed by atoms with Gasteiger partial charge in [-0.3, -0.25) is 9.78 Å². The van der Waals surface area contributed by atoms with Crippen LogP contribution in [0, 0.1) is 0 Å². The van der Waals surface area contributed by atoms with Gasteiger partial charge in [-0.2, -0.15) is 0 Å². The van der Waals surface area contributed by atoms with Crippen LogP contribution in [-0.4, -0.2) is 20.9 Å². The van der Waals surface area contributed by atoms with Crippen LogP contribution in [0.3, 0.4) is 0 Å². The number of benzene rings is 1. The zero-order valence-electron chi connectivity index (χ0n) is 14.9. The van der Waals surface area contributed by atoms with Crippen molar-refractivity contribution in [3.8, 4) is 11.1 Å². The van der Waals surface area contributed by atoms with E-state index in [0.29, 0.717) is 11.4 Å². The van der Waals surface area contributed by atoms with Gasteiger partial charge in [0.25, 0.3) is 5.91 Å². The van der Waals surface area contributed by atoms with Crippen molar-refractivity contribution in [2.24, 2.45) is 0 Å². The van der Waals surface area contributed by atoms with E-state index in [9.17, 15) is 4.79 Å². The van der Waals surface area contributed by atoms with Crippen LogP contribution < -0.4 is 10.6 Å². The Morgan fingerprint density at radius 2 is 1.36 bits per heavy atom. The van der Waals surface area contributed by atoms with Gasteiger partial charge in [-0.05, 0) is 59.7 Å². The second kappa shape index (κ2) is 8.09. The molecule has 0 radical (unpaired) electrons. The molecule has 0 aliphatic rings. The molecular formula is C22H17N5O. The van der Waals surface area contributed by atoms with Crippen LogP contribution in [0.15, 0.2) is 91.5 Å². The summed E-state index contributed by atoms with van der Waals surface area (Å²) in [6.07, 6.45) is 6.58. The van der Waals surface area contributed by atoms with Crippen LogP contribution in [0.2, 0.25) is 0 Å². The Hall–Kier alpha value is -4.06. The average molecular weight is 367 g/mol. The molecule has 0 fully saturated rings. The quantitative estimate of drug-likeness (QED) is 0.541. The topological polar surface area (TPSA) is 79.8 Å². The Kier molecular flexibility index (Phi) is 5.02. The lowest BCUT2D eigenvalue weighted by atomic mass is 10.1. The number of hydrogen-bond donors (Lipinski definition) is 2. The van der Waals surface area contributed by atoms with Crippen molar-refractivity contribution in [2.75, 3.05) is 10.6 Å². The number of rotatable bonds is 5. The van der Waals surface area contributed by atoms with Crippen LogP contribution in [0.4, 0.5) is 17.3 Å².